The Balaban J connectivity index is 2.41. The molecule has 1 heterocycles. The molecule has 0 amide bonds. The fraction of sp³-hybridized carbons (Fsp3) is 0.333. The summed E-state index contributed by atoms with van der Waals surface area (Å²) >= 11 is 1.58. The Morgan fingerprint density at radius 1 is 1.33 bits per heavy atom. The van der Waals surface area contributed by atoms with Gasteiger partial charge in [-0.2, -0.15) is 0 Å². The molecule has 18 heavy (non-hydrogen) atoms. The number of hydrogen-bond acceptors (Lipinski definition) is 3. The van der Waals surface area contributed by atoms with Crippen LogP contribution in [0.1, 0.15) is 29.9 Å². The predicted molar refractivity (Wildman–Crippen MR) is 75.3 cm³/mol. The zero-order valence-corrected chi connectivity index (χ0v) is 11.8. The quantitative estimate of drug-likeness (QED) is 0.910. The number of aliphatic hydroxyl groups is 1. The Morgan fingerprint density at radius 2 is 2.11 bits per heavy atom. The van der Waals surface area contributed by atoms with Crippen LogP contribution in [0.3, 0.4) is 0 Å². The molecule has 3 heteroatoms. The summed E-state index contributed by atoms with van der Waals surface area (Å²) in [6.45, 7) is 6.43. The molecule has 1 aromatic heterocycles. The van der Waals surface area contributed by atoms with Crippen molar-refractivity contribution in [3.05, 3.63) is 51.7 Å². The van der Waals surface area contributed by atoms with Crippen LogP contribution >= 0.6 is 11.3 Å². The molecule has 1 atom stereocenters. The molecule has 2 aromatic rings. The third-order valence-electron chi connectivity index (χ3n) is 3.01. The molecule has 0 aliphatic carbocycles. The van der Waals surface area contributed by atoms with Gasteiger partial charge in [-0.25, -0.2) is 0 Å². The van der Waals surface area contributed by atoms with Gasteiger partial charge in [0.2, 0.25) is 0 Å². The molecular formula is C15H18O2S. The number of ether oxygens (including phenoxy) is 1. The van der Waals surface area contributed by atoms with Gasteiger partial charge in [-0.15, -0.1) is 11.3 Å². The van der Waals surface area contributed by atoms with Gasteiger partial charge in [0, 0.05) is 4.88 Å². The molecule has 96 valence electrons. The molecule has 1 aromatic carbocycles. The minimum atomic E-state index is -0.967. The summed E-state index contributed by atoms with van der Waals surface area (Å²) in [5, 5.41) is 12.8. The van der Waals surface area contributed by atoms with Gasteiger partial charge in [-0.05, 0) is 55.5 Å². The van der Waals surface area contributed by atoms with Gasteiger partial charge in [0.1, 0.15) is 11.4 Å². The first-order chi connectivity index (χ1) is 8.55. The molecule has 1 unspecified atom stereocenters. The number of thiophene rings is 1. The first kappa shape index (κ1) is 13.1. The third-order valence-corrected chi connectivity index (χ3v) is 4.24. The molecule has 0 aliphatic rings. The van der Waals surface area contributed by atoms with Crippen LogP contribution in [0.5, 0.6) is 5.75 Å². The zero-order chi connectivity index (χ0) is 13.2. The van der Waals surface area contributed by atoms with E-state index >= 15 is 0 Å². The van der Waals surface area contributed by atoms with Gasteiger partial charge < -0.3 is 9.84 Å². The topological polar surface area (TPSA) is 29.5 Å². The van der Waals surface area contributed by atoms with Crippen LogP contribution in [-0.4, -0.2) is 11.7 Å². The van der Waals surface area contributed by atoms with Gasteiger partial charge in [0.05, 0.1) is 6.61 Å². The summed E-state index contributed by atoms with van der Waals surface area (Å²) in [6.07, 6.45) is 0. The lowest BCUT2D eigenvalue weighted by Gasteiger charge is -2.24. The van der Waals surface area contributed by atoms with Gasteiger partial charge in [0.15, 0.2) is 0 Å². The Labute approximate surface area is 112 Å². The molecule has 0 aliphatic heterocycles. The van der Waals surface area contributed by atoms with E-state index in [2.05, 4.69) is 0 Å². The van der Waals surface area contributed by atoms with Crippen molar-refractivity contribution >= 4 is 11.3 Å². The third kappa shape index (κ3) is 2.42. The lowest BCUT2D eigenvalue weighted by Crippen LogP contribution is -2.22. The van der Waals surface area contributed by atoms with Crippen molar-refractivity contribution < 1.29 is 9.84 Å². The van der Waals surface area contributed by atoms with Crippen molar-refractivity contribution in [2.45, 2.75) is 26.4 Å². The molecule has 1 N–H and O–H groups in total. The van der Waals surface area contributed by atoms with Crippen molar-refractivity contribution in [2.75, 3.05) is 6.61 Å². The number of aryl methyl sites for hydroxylation is 1. The van der Waals surface area contributed by atoms with Crippen LogP contribution in [-0.2, 0) is 5.60 Å². The monoisotopic (exact) mass is 262 g/mol. The number of benzene rings is 1. The van der Waals surface area contributed by atoms with Gasteiger partial charge >= 0.3 is 0 Å². The van der Waals surface area contributed by atoms with E-state index in [9.17, 15) is 5.11 Å². The molecule has 2 nitrogen and oxygen atoms in total. The molecule has 2 rings (SSSR count). The predicted octanol–water partition coefficient (Wildman–Crippen LogP) is 3.71. The second-order valence-corrected chi connectivity index (χ2v) is 5.38. The van der Waals surface area contributed by atoms with E-state index in [1.807, 2.05) is 56.5 Å². The SMILES string of the molecule is CCOc1cccc(C(C)(O)c2sccc2C)c1. The summed E-state index contributed by atoms with van der Waals surface area (Å²) in [7, 11) is 0. The van der Waals surface area contributed by atoms with Crippen molar-refractivity contribution in [1.82, 2.24) is 0 Å². The van der Waals surface area contributed by atoms with E-state index < -0.39 is 5.60 Å². The molecule has 0 radical (unpaired) electrons. The van der Waals surface area contributed by atoms with Gasteiger partial charge in [0.25, 0.3) is 0 Å². The normalized spacial score (nSPS) is 14.2. The minimum Gasteiger partial charge on any atom is -0.494 e. The van der Waals surface area contributed by atoms with Crippen LogP contribution in [0.15, 0.2) is 35.7 Å². The molecule has 0 spiro atoms. The highest BCUT2D eigenvalue weighted by Gasteiger charge is 2.28. The fourth-order valence-corrected chi connectivity index (χ4v) is 3.07. The number of rotatable bonds is 4. The van der Waals surface area contributed by atoms with E-state index in [4.69, 9.17) is 4.74 Å². The zero-order valence-electron chi connectivity index (χ0n) is 10.9. The van der Waals surface area contributed by atoms with E-state index in [1.165, 1.54) is 0 Å². The van der Waals surface area contributed by atoms with E-state index in [0.717, 1.165) is 21.8 Å². The van der Waals surface area contributed by atoms with Crippen LogP contribution in [0.4, 0.5) is 0 Å². The Kier molecular flexibility index (Phi) is 3.73. The first-order valence-electron chi connectivity index (χ1n) is 6.06. The summed E-state index contributed by atoms with van der Waals surface area (Å²) in [5.74, 6) is 0.796. The lowest BCUT2D eigenvalue weighted by molar-refractivity contribution is 0.105. The average molecular weight is 262 g/mol. The van der Waals surface area contributed by atoms with Gasteiger partial charge in [-0.3, -0.25) is 0 Å². The highest BCUT2D eigenvalue weighted by Crippen LogP contribution is 2.36. The standard InChI is InChI=1S/C15H18O2S/c1-4-17-13-7-5-6-12(10-13)15(3,16)14-11(2)8-9-18-14/h5-10,16H,4H2,1-3H3. The van der Waals surface area contributed by atoms with Crippen LogP contribution in [0, 0.1) is 6.92 Å². The summed E-state index contributed by atoms with van der Waals surface area (Å²) in [6, 6.07) is 9.69. The second kappa shape index (κ2) is 5.12. The Bertz CT molecular complexity index is 529. The fourth-order valence-electron chi connectivity index (χ4n) is 2.06. The summed E-state index contributed by atoms with van der Waals surface area (Å²) < 4.78 is 5.48. The summed E-state index contributed by atoms with van der Waals surface area (Å²) in [4.78, 5) is 0.983. The second-order valence-electron chi connectivity index (χ2n) is 4.47. The van der Waals surface area contributed by atoms with E-state index in [-0.39, 0.29) is 0 Å². The Hall–Kier alpha value is -1.32. The molecular weight excluding hydrogens is 244 g/mol. The average Bonchev–Trinajstić information content (AvgIpc) is 2.77. The minimum absolute atomic E-state index is 0.629. The molecule has 0 bridgehead atoms. The lowest BCUT2D eigenvalue weighted by atomic mass is 9.92. The smallest absolute Gasteiger partial charge is 0.121 e. The van der Waals surface area contributed by atoms with Crippen molar-refractivity contribution in [1.29, 1.82) is 0 Å². The van der Waals surface area contributed by atoms with Crippen molar-refractivity contribution in [3.8, 4) is 5.75 Å². The molecule has 0 saturated carbocycles. The number of hydrogen-bond donors (Lipinski definition) is 1. The summed E-state index contributed by atoms with van der Waals surface area (Å²) in [5.41, 5.74) is 1.01. The van der Waals surface area contributed by atoms with Crippen molar-refractivity contribution in [3.63, 3.8) is 0 Å². The van der Waals surface area contributed by atoms with Crippen LogP contribution in [0.25, 0.3) is 0 Å². The molecule has 0 saturated heterocycles. The highest BCUT2D eigenvalue weighted by atomic mass is 32.1. The Morgan fingerprint density at radius 3 is 2.72 bits per heavy atom. The van der Waals surface area contributed by atoms with Crippen LogP contribution in [0.2, 0.25) is 0 Å². The maximum absolute atomic E-state index is 10.8. The maximum Gasteiger partial charge on any atom is 0.121 e. The molecule has 0 fully saturated rings. The van der Waals surface area contributed by atoms with Crippen molar-refractivity contribution in [2.24, 2.45) is 0 Å². The van der Waals surface area contributed by atoms with E-state index in [1.54, 1.807) is 11.3 Å². The van der Waals surface area contributed by atoms with Crippen LogP contribution < -0.4 is 4.74 Å². The van der Waals surface area contributed by atoms with Gasteiger partial charge in [-0.1, -0.05) is 12.1 Å². The maximum atomic E-state index is 10.8. The first-order valence-corrected chi connectivity index (χ1v) is 6.94. The van der Waals surface area contributed by atoms with E-state index in [0.29, 0.717) is 6.61 Å². The highest BCUT2D eigenvalue weighted by molar-refractivity contribution is 7.10. The largest absolute Gasteiger partial charge is 0.494 e.